The van der Waals surface area contributed by atoms with Gasteiger partial charge in [0.15, 0.2) is 0 Å². The zero-order chi connectivity index (χ0) is 30.5. The fourth-order valence-electron chi connectivity index (χ4n) is 4.42. The Kier molecular flexibility index (Phi) is 8.65. The lowest BCUT2D eigenvalue weighted by atomic mass is 10.1. The molecule has 0 radical (unpaired) electrons. The Hall–Kier alpha value is -4.87. The molecule has 1 amide bonds. The molecule has 0 aromatic heterocycles. The third kappa shape index (κ3) is 7.51. The zero-order valence-corrected chi connectivity index (χ0v) is 24.8. The van der Waals surface area contributed by atoms with Gasteiger partial charge in [0.1, 0.15) is 18.9 Å². The number of ether oxygens (including phenoxy) is 1. The van der Waals surface area contributed by atoms with E-state index < -0.39 is 32.5 Å². The van der Waals surface area contributed by atoms with Crippen molar-refractivity contribution in [1.29, 1.82) is 0 Å². The molecule has 43 heavy (non-hydrogen) atoms. The molecule has 2 N–H and O–H groups in total. The van der Waals surface area contributed by atoms with Crippen LogP contribution < -0.4 is 19.1 Å². The first-order chi connectivity index (χ1) is 20.6. The number of carbonyl (C=O) groups excluding carboxylic acids is 1. The normalized spacial score (nSPS) is 11.6. The quantitative estimate of drug-likeness (QED) is 0.199. The summed E-state index contributed by atoms with van der Waals surface area (Å²) in [7, 11) is -7.71. The van der Waals surface area contributed by atoms with Gasteiger partial charge in [-0.1, -0.05) is 66.7 Å². The van der Waals surface area contributed by atoms with Crippen LogP contribution in [0.2, 0.25) is 0 Å². The van der Waals surface area contributed by atoms with Crippen LogP contribution in [0.25, 0.3) is 10.8 Å². The Balaban J connectivity index is 1.23. The van der Waals surface area contributed by atoms with Gasteiger partial charge in [0.05, 0.1) is 22.5 Å². The van der Waals surface area contributed by atoms with Gasteiger partial charge < -0.3 is 10.1 Å². The van der Waals surface area contributed by atoms with E-state index in [0.717, 1.165) is 26.9 Å². The highest BCUT2D eigenvalue weighted by Gasteiger charge is 2.22. The highest BCUT2D eigenvalue weighted by atomic mass is 32.2. The lowest BCUT2D eigenvalue weighted by Gasteiger charge is -2.22. The summed E-state index contributed by atoms with van der Waals surface area (Å²) in [6.45, 7) is -0.122. The van der Waals surface area contributed by atoms with Crippen LogP contribution in [0.5, 0.6) is 5.75 Å². The summed E-state index contributed by atoms with van der Waals surface area (Å²) in [6.07, 6.45) is 1.02. The molecule has 0 unspecified atom stereocenters. The van der Waals surface area contributed by atoms with Gasteiger partial charge in [-0.15, -0.1) is 0 Å². The van der Waals surface area contributed by atoms with Crippen LogP contribution in [0.15, 0.2) is 126 Å². The summed E-state index contributed by atoms with van der Waals surface area (Å²) >= 11 is 0. The molecule has 0 aliphatic carbocycles. The van der Waals surface area contributed by atoms with Gasteiger partial charge in [0.2, 0.25) is 15.9 Å². The summed E-state index contributed by atoms with van der Waals surface area (Å²) < 4.78 is 60.5. The average molecular weight is 616 g/mol. The molecule has 5 aromatic carbocycles. The lowest BCUT2D eigenvalue weighted by Crippen LogP contribution is -2.37. The molecule has 5 aromatic rings. The predicted octanol–water partition coefficient (Wildman–Crippen LogP) is 5.62. The van der Waals surface area contributed by atoms with Crippen LogP contribution in [-0.2, 0) is 31.4 Å². The summed E-state index contributed by atoms with van der Waals surface area (Å²) in [5, 5.41) is 4.30. The van der Waals surface area contributed by atoms with E-state index in [1.54, 1.807) is 36.4 Å². The van der Waals surface area contributed by atoms with Crippen LogP contribution in [-0.4, -0.2) is 35.5 Å². The first kappa shape index (κ1) is 29.6. The van der Waals surface area contributed by atoms with Gasteiger partial charge in [-0.25, -0.2) is 16.8 Å². The maximum absolute atomic E-state index is 13.0. The number of rotatable bonds is 11. The molecule has 0 bridgehead atoms. The van der Waals surface area contributed by atoms with Gasteiger partial charge in [-0.05, 0) is 65.5 Å². The molecular weight excluding hydrogens is 587 g/mol. The zero-order valence-electron chi connectivity index (χ0n) is 23.2. The van der Waals surface area contributed by atoms with Crippen molar-refractivity contribution in [2.45, 2.75) is 11.5 Å². The number of nitrogens with zero attached hydrogens (tertiary/aromatic N) is 1. The molecule has 5 rings (SSSR count). The molecule has 9 nitrogen and oxygen atoms in total. The molecular formula is C32H29N3O6S2. The summed E-state index contributed by atoms with van der Waals surface area (Å²) in [6, 6.07) is 34.4. The van der Waals surface area contributed by atoms with Crippen molar-refractivity contribution in [2.24, 2.45) is 0 Å². The lowest BCUT2D eigenvalue weighted by molar-refractivity contribution is -0.114. The van der Waals surface area contributed by atoms with E-state index in [0.29, 0.717) is 29.4 Å². The van der Waals surface area contributed by atoms with Crippen molar-refractivity contribution in [3.8, 4) is 5.75 Å². The Morgan fingerprint density at radius 3 is 2.09 bits per heavy atom. The number of hydrogen-bond donors (Lipinski definition) is 2. The fraction of sp³-hybridized carbons (Fsp3) is 0.0938. The van der Waals surface area contributed by atoms with Crippen LogP contribution >= 0.6 is 0 Å². The van der Waals surface area contributed by atoms with Gasteiger partial charge in [0.25, 0.3) is 10.0 Å². The molecule has 0 atom stereocenters. The van der Waals surface area contributed by atoms with Crippen molar-refractivity contribution in [3.05, 3.63) is 127 Å². The summed E-state index contributed by atoms with van der Waals surface area (Å²) in [5.74, 6) is -0.0465. The second kappa shape index (κ2) is 12.6. The third-order valence-electron chi connectivity index (χ3n) is 6.54. The number of fused-ring (bicyclic) bond motifs is 1. The minimum atomic E-state index is -3.91. The summed E-state index contributed by atoms with van der Waals surface area (Å²) in [5.41, 5.74) is 2.05. The number of carbonyl (C=O) groups is 1. The largest absolute Gasteiger partial charge is 0.489 e. The number of nitrogens with one attached hydrogen (secondary N) is 2. The smallest absolute Gasteiger partial charge is 0.261 e. The molecule has 0 heterocycles. The maximum Gasteiger partial charge on any atom is 0.261 e. The molecule has 0 saturated heterocycles. The first-order valence-corrected chi connectivity index (χ1v) is 16.6. The SMILES string of the molecule is CS(=O)(=O)N(CC(=O)Nc1ccc(S(=O)(=O)Nc2cccc3ccccc23)cc1)c1ccc(OCc2ccccc2)cc1. The topological polar surface area (TPSA) is 122 Å². The van der Waals surface area contributed by atoms with Crippen molar-refractivity contribution >= 4 is 53.8 Å². The molecule has 0 aliphatic rings. The monoisotopic (exact) mass is 615 g/mol. The number of hydrogen-bond acceptors (Lipinski definition) is 6. The number of benzene rings is 5. The highest BCUT2D eigenvalue weighted by molar-refractivity contribution is 7.92. The van der Waals surface area contributed by atoms with Crippen molar-refractivity contribution < 1.29 is 26.4 Å². The standard InChI is InChI=1S/C32H29N3O6S2/c1-42(37,38)35(27-16-18-28(19-17-27)41-23-24-8-3-2-4-9-24)22-32(36)33-26-14-20-29(21-15-26)43(39,40)34-31-13-7-11-25-10-5-6-12-30(25)31/h2-21,34H,22-23H2,1H3,(H,33,36). The maximum atomic E-state index is 13.0. The van der Waals surface area contributed by atoms with Gasteiger partial charge in [0, 0.05) is 11.1 Å². The fourth-order valence-corrected chi connectivity index (χ4v) is 6.35. The molecule has 0 aliphatic heterocycles. The first-order valence-electron chi connectivity index (χ1n) is 13.2. The Morgan fingerprint density at radius 1 is 0.744 bits per heavy atom. The number of sulfonamides is 2. The van der Waals surface area contributed by atoms with Crippen LogP contribution in [0.1, 0.15) is 5.56 Å². The Bertz CT molecular complexity index is 1940. The van der Waals surface area contributed by atoms with E-state index in [-0.39, 0.29) is 4.90 Å². The number of amides is 1. The van der Waals surface area contributed by atoms with E-state index >= 15 is 0 Å². The van der Waals surface area contributed by atoms with Crippen molar-refractivity contribution in [1.82, 2.24) is 0 Å². The average Bonchev–Trinajstić information content (AvgIpc) is 2.99. The summed E-state index contributed by atoms with van der Waals surface area (Å²) in [4.78, 5) is 12.8. The van der Waals surface area contributed by atoms with Crippen LogP contribution in [0.3, 0.4) is 0 Å². The van der Waals surface area contributed by atoms with Crippen molar-refractivity contribution in [2.75, 3.05) is 27.1 Å². The van der Waals surface area contributed by atoms with Crippen LogP contribution in [0, 0.1) is 0 Å². The Labute approximate surface area is 250 Å². The molecule has 0 fully saturated rings. The second-order valence-corrected chi connectivity index (χ2v) is 13.3. The Morgan fingerprint density at radius 2 is 1.40 bits per heavy atom. The number of anilines is 3. The molecule has 0 saturated carbocycles. The minimum Gasteiger partial charge on any atom is -0.489 e. The van der Waals surface area contributed by atoms with E-state index in [2.05, 4.69) is 10.0 Å². The second-order valence-electron chi connectivity index (χ2n) is 9.74. The minimum absolute atomic E-state index is 0.00534. The van der Waals surface area contributed by atoms with Crippen molar-refractivity contribution in [3.63, 3.8) is 0 Å². The molecule has 220 valence electrons. The molecule has 0 spiro atoms. The third-order valence-corrected chi connectivity index (χ3v) is 9.06. The molecule has 11 heteroatoms. The van der Waals surface area contributed by atoms with Gasteiger partial charge in [-0.2, -0.15) is 0 Å². The van der Waals surface area contributed by atoms with E-state index in [9.17, 15) is 21.6 Å². The van der Waals surface area contributed by atoms with E-state index in [1.807, 2.05) is 60.7 Å². The van der Waals surface area contributed by atoms with E-state index in [4.69, 9.17) is 4.74 Å². The van der Waals surface area contributed by atoms with Gasteiger partial charge in [-0.3, -0.25) is 13.8 Å². The predicted molar refractivity (Wildman–Crippen MR) is 169 cm³/mol. The van der Waals surface area contributed by atoms with Gasteiger partial charge >= 0.3 is 0 Å². The highest BCUT2D eigenvalue weighted by Crippen LogP contribution is 2.26. The van der Waals surface area contributed by atoms with E-state index in [1.165, 1.54) is 24.3 Å². The van der Waals surface area contributed by atoms with Crippen LogP contribution in [0.4, 0.5) is 17.1 Å².